The van der Waals surface area contributed by atoms with E-state index in [1.54, 1.807) is 11.3 Å². The molecule has 2 rings (SSSR count). The number of carboxylic acid groups (broad SMARTS) is 1. The third kappa shape index (κ3) is 3.09. The van der Waals surface area contributed by atoms with Crippen molar-refractivity contribution in [1.29, 1.82) is 0 Å². The van der Waals surface area contributed by atoms with E-state index in [1.807, 2.05) is 12.3 Å². The predicted molar refractivity (Wildman–Crippen MR) is 81.1 cm³/mol. The standard InChI is InChI=1S/C13H18N2O3S2/c1-3-9-4-5-19-11(9)6-14-13(18)15-8(2)20-7-10(15)12(16)17/h4-5,8,10H,3,6-7H2,1-2H3,(H,14,18)(H,16,17). The van der Waals surface area contributed by atoms with Gasteiger partial charge in [0.05, 0.1) is 11.9 Å². The number of aliphatic carboxylic acids is 1. The highest BCUT2D eigenvalue weighted by Crippen LogP contribution is 2.28. The first-order chi connectivity index (χ1) is 9.54. The summed E-state index contributed by atoms with van der Waals surface area (Å²) in [6, 6.07) is 1.02. The second-order valence-electron chi connectivity index (χ2n) is 4.58. The highest BCUT2D eigenvalue weighted by Gasteiger charge is 2.39. The zero-order valence-corrected chi connectivity index (χ0v) is 13.1. The Kier molecular flexibility index (Phi) is 4.93. The number of nitrogens with zero attached hydrogens (tertiary/aromatic N) is 1. The lowest BCUT2D eigenvalue weighted by molar-refractivity contribution is -0.141. The van der Waals surface area contributed by atoms with Gasteiger partial charge >= 0.3 is 12.0 Å². The first kappa shape index (κ1) is 15.2. The average molecular weight is 314 g/mol. The van der Waals surface area contributed by atoms with Crippen molar-refractivity contribution in [2.75, 3.05) is 5.75 Å². The molecule has 0 bridgehead atoms. The van der Waals surface area contributed by atoms with E-state index in [1.165, 1.54) is 22.2 Å². The molecule has 20 heavy (non-hydrogen) atoms. The molecule has 110 valence electrons. The lowest BCUT2D eigenvalue weighted by Gasteiger charge is -2.25. The minimum absolute atomic E-state index is 0.106. The van der Waals surface area contributed by atoms with Crippen molar-refractivity contribution in [1.82, 2.24) is 10.2 Å². The van der Waals surface area contributed by atoms with E-state index < -0.39 is 12.0 Å². The van der Waals surface area contributed by atoms with Crippen LogP contribution in [0.15, 0.2) is 11.4 Å². The highest BCUT2D eigenvalue weighted by atomic mass is 32.2. The SMILES string of the molecule is CCc1ccsc1CNC(=O)N1C(C)SCC1C(=O)O. The maximum atomic E-state index is 12.2. The fourth-order valence-electron chi connectivity index (χ4n) is 2.23. The highest BCUT2D eigenvalue weighted by molar-refractivity contribution is 8.00. The summed E-state index contributed by atoms with van der Waals surface area (Å²) in [5.74, 6) is -0.495. The van der Waals surface area contributed by atoms with Crippen LogP contribution in [0.2, 0.25) is 0 Å². The van der Waals surface area contributed by atoms with Gasteiger partial charge in [0, 0.05) is 10.6 Å². The largest absolute Gasteiger partial charge is 0.480 e. The molecule has 1 aliphatic rings. The lowest BCUT2D eigenvalue weighted by Crippen LogP contribution is -2.49. The second-order valence-corrected chi connectivity index (χ2v) is 6.92. The lowest BCUT2D eigenvalue weighted by atomic mass is 10.2. The number of hydrogen-bond donors (Lipinski definition) is 2. The van der Waals surface area contributed by atoms with E-state index in [9.17, 15) is 9.59 Å². The van der Waals surface area contributed by atoms with Crippen molar-refractivity contribution in [2.24, 2.45) is 0 Å². The van der Waals surface area contributed by atoms with E-state index in [4.69, 9.17) is 5.11 Å². The van der Waals surface area contributed by atoms with Crippen LogP contribution in [0.5, 0.6) is 0 Å². The minimum Gasteiger partial charge on any atom is -0.480 e. The van der Waals surface area contributed by atoms with Crippen molar-refractivity contribution >= 4 is 35.1 Å². The second kappa shape index (κ2) is 6.49. The molecular formula is C13H18N2O3S2. The molecule has 0 aliphatic carbocycles. The molecule has 5 nitrogen and oxygen atoms in total. The zero-order valence-electron chi connectivity index (χ0n) is 11.5. The van der Waals surface area contributed by atoms with Crippen LogP contribution >= 0.6 is 23.1 Å². The summed E-state index contributed by atoms with van der Waals surface area (Å²) in [7, 11) is 0. The number of amides is 2. The molecule has 2 N–H and O–H groups in total. The summed E-state index contributed by atoms with van der Waals surface area (Å²) >= 11 is 3.10. The van der Waals surface area contributed by atoms with Crippen LogP contribution in [0.4, 0.5) is 4.79 Å². The number of nitrogens with one attached hydrogen (secondary N) is 1. The van der Waals surface area contributed by atoms with Crippen molar-refractivity contribution in [2.45, 2.75) is 38.2 Å². The number of rotatable bonds is 4. The number of carbonyl (C=O) groups is 2. The molecular weight excluding hydrogens is 296 g/mol. The van der Waals surface area contributed by atoms with Crippen LogP contribution in [-0.2, 0) is 17.8 Å². The Balaban J connectivity index is 1.99. The van der Waals surface area contributed by atoms with Crippen LogP contribution < -0.4 is 5.32 Å². The molecule has 1 aliphatic heterocycles. The maximum Gasteiger partial charge on any atom is 0.327 e. The van der Waals surface area contributed by atoms with Crippen LogP contribution in [0.25, 0.3) is 0 Å². The Morgan fingerprint density at radius 2 is 2.30 bits per heavy atom. The van der Waals surface area contributed by atoms with Gasteiger partial charge in [0.25, 0.3) is 0 Å². The summed E-state index contributed by atoms with van der Waals surface area (Å²) in [5.41, 5.74) is 1.23. The molecule has 0 radical (unpaired) electrons. The van der Waals surface area contributed by atoms with Crippen LogP contribution in [-0.4, -0.2) is 39.2 Å². The molecule has 1 aromatic rings. The maximum absolute atomic E-state index is 12.2. The van der Waals surface area contributed by atoms with Gasteiger partial charge in [-0.3, -0.25) is 4.90 Å². The van der Waals surface area contributed by atoms with Crippen LogP contribution in [0, 0.1) is 0 Å². The fraction of sp³-hybridized carbons (Fsp3) is 0.538. The van der Waals surface area contributed by atoms with Gasteiger partial charge in [0.2, 0.25) is 0 Å². The smallest absolute Gasteiger partial charge is 0.327 e. The molecule has 1 fully saturated rings. The molecule has 1 saturated heterocycles. The third-order valence-corrected chi connectivity index (χ3v) is 5.54. The first-order valence-electron chi connectivity index (χ1n) is 6.50. The Labute approximate surface area is 126 Å². The number of carbonyl (C=O) groups excluding carboxylic acids is 1. The number of aryl methyl sites for hydroxylation is 1. The predicted octanol–water partition coefficient (Wildman–Crippen LogP) is 2.37. The van der Waals surface area contributed by atoms with Crippen LogP contribution in [0.1, 0.15) is 24.3 Å². The number of thiophene rings is 1. The normalized spacial score (nSPS) is 22.0. The summed E-state index contributed by atoms with van der Waals surface area (Å²) in [6.45, 7) is 4.39. The number of thioether (sulfide) groups is 1. The van der Waals surface area contributed by atoms with Crippen molar-refractivity contribution in [3.63, 3.8) is 0 Å². The molecule has 1 aromatic heterocycles. The van der Waals surface area contributed by atoms with Gasteiger partial charge in [-0.1, -0.05) is 6.92 Å². The molecule has 0 spiro atoms. The van der Waals surface area contributed by atoms with Gasteiger partial charge in [-0.25, -0.2) is 9.59 Å². The van der Waals surface area contributed by atoms with Gasteiger partial charge in [0.1, 0.15) is 6.04 Å². The van der Waals surface area contributed by atoms with Crippen LogP contribution in [0.3, 0.4) is 0 Å². The monoisotopic (exact) mass is 314 g/mol. The summed E-state index contributed by atoms with van der Waals surface area (Å²) < 4.78 is 0. The number of carboxylic acids is 1. The van der Waals surface area contributed by atoms with Gasteiger partial charge in [-0.2, -0.15) is 0 Å². The van der Waals surface area contributed by atoms with Gasteiger partial charge in [0.15, 0.2) is 0 Å². The van der Waals surface area contributed by atoms with Gasteiger partial charge < -0.3 is 10.4 Å². The summed E-state index contributed by atoms with van der Waals surface area (Å²) in [5, 5.41) is 13.9. The van der Waals surface area contributed by atoms with E-state index >= 15 is 0 Å². The van der Waals surface area contributed by atoms with Crippen molar-refractivity contribution in [3.05, 3.63) is 21.9 Å². The van der Waals surface area contributed by atoms with E-state index in [-0.39, 0.29) is 11.4 Å². The molecule has 2 heterocycles. The van der Waals surface area contributed by atoms with Crippen molar-refractivity contribution in [3.8, 4) is 0 Å². The van der Waals surface area contributed by atoms with E-state index in [2.05, 4.69) is 18.3 Å². The topological polar surface area (TPSA) is 69.6 Å². The van der Waals surface area contributed by atoms with E-state index in [0.29, 0.717) is 12.3 Å². The fourth-order valence-corrected chi connectivity index (χ4v) is 4.31. The molecule has 0 aromatic carbocycles. The van der Waals surface area contributed by atoms with Crippen molar-refractivity contribution < 1.29 is 14.7 Å². The third-order valence-electron chi connectivity index (χ3n) is 3.36. The Bertz CT molecular complexity index is 504. The van der Waals surface area contributed by atoms with Gasteiger partial charge in [-0.05, 0) is 30.4 Å². The number of urea groups is 1. The average Bonchev–Trinajstić information content (AvgIpc) is 3.01. The Hall–Kier alpha value is -1.21. The zero-order chi connectivity index (χ0) is 14.7. The first-order valence-corrected chi connectivity index (χ1v) is 8.43. The molecule has 2 unspecified atom stereocenters. The quantitative estimate of drug-likeness (QED) is 0.895. The molecule has 7 heteroatoms. The number of hydrogen-bond acceptors (Lipinski definition) is 4. The Morgan fingerprint density at radius 1 is 1.55 bits per heavy atom. The molecule has 2 amide bonds. The summed E-state index contributed by atoms with van der Waals surface area (Å²) in [6.07, 6.45) is 0.933. The minimum atomic E-state index is -0.942. The molecule has 2 atom stereocenters. The van der Waals surface area contributed by atoms with E-state index in [0.717, 1.165) is 11.3 Å². The molecule has 0 saturated carbocycles. The Morgan fingerprint density at radius 3 is 2.95 bits per heavy atom. The summed E-state index contributed by atoms with van der Waals surface area (Å²) in [4.78, 5) is 25.9. The van der Waals surface area contributed by atoms with Gasteiger partial charge in [-0.15, -0.1) is 23.1 Å².